The Hall–Kier alpha value is -2.13. The van der Waals surface area contributed by atoms with Gasteiger partial charge in [0.1, 0.15) is 10.7 Å². The van der Waals surface area contributed by atoms with Gasteiger partial charge in [-0.3, -0.25) is 9.40 Å². The third-order valence-electron chi connectivity index (χ3n) is 2.49. The number of nitrogens with one attached hydrogen (secondary N) is 1. The molecule has 0 radical (unpaired) electrons. The number of anilines is 1. The van der Waals surface area contributed by atoms with E-state index in [4.69, 9.17) is 16.7 Å². The quantitative estimate of drug-likeness (QED) is 0.887. The number of hydrogen-bond donors (Lipinski definition) is 2. The first-order valence-corrected chi connectivity index (χ1v) is 7.31. The van der Waals surface area contributed by atoms with Gasteiger partial charge in [-0.2, -0.15) is 5.10 Å². The predicted molar refractivity (Wildman–Crippen MR) is 72.4 cm³/mol. The van der Waals surface area contributed by atoms with E-state index in [0.717, 1.165) is 0 Å². The van der Waals surface area contributed by atoms with Gasteiger partial charge in [-0.05, 0) is 12.1 Å². The van der Waals surface area contributed by atoms with Crippen LogP contribution in [0.4, 0.5) is 10.2 Å². The summed E-state index contributed by atoms with van der Waals surface area (Å²) in [4.78, 5) is 10.3. The van der Waals surface area contributed by atoms with E-state index in [9.17, 15) is 17.6 Å². The normalized spacial score (nSPS) is 11.4. The Morgan fingerprint density at radius 1 is 1.48 bits per heavy atom. The molecule has 0 atom stereocenters. The highest BCUT2D eigenvalue weighted by Crippen LogP contribution is 2.26. The van der Waals surface area contributed by atoms with Gasteiger partial charge in [0.15, 0.2) is 5.82 Å². The van der Waals surface area contributed by atoms with Crippen LogP contribution in [0, 0.1) is 5.82 Å². The molecule has 7 nitrogen and oxygen atoms in total. The molecule has 0 aliphatic carbocycles. The second-order valence-electron chi connectivity index (χ2n) is 4.05. The molecule has 0 aliphatic rings. The van der Waals surface area contributed by atoms with Crippen molar-refractivity contribution in [3.05, 3.63) is 40.8 Å². The molecule has 1 heterocycles. The zero-order valence-electron chi connectivity index (χ0n) is 10.5. The Labute approximate surface area is 124 Å². The number of carboxylic acid groups (broad SMARTS) is 1. The molecule has 0 amide bonds. The molecule has 0 saturated carbocycles. The number of benzene rings is 1. The first-order chi connectivity index (χ1) is 9.70. The van der Waals surface area contributed by atoms with Crippen LogP contribution in [0.15, 0.2) is 29.3 Å². The third kappa shape index (κ3) is 3.14. The van der Waals surface area contributed by atoms with Crippen LogP contribution in [-0.4, -0.2) is 29.3 Å². The number of aryl methyl sites for hydroxylation is 1. The van der Waals surface area contributed by atoms with Gasteiger partial charge in [0.05, 0.1) is 10.6 Å². The zero-order valence-corrected chi connectivity index (χ0v) is 12.1. The maximum absolute atomic E-state index is 13.4. The molecule has 2 rings (SSSR count). The summed E-state index contributed by atoms with van der Waals surface area (Å²) in [6, 6.07) is 2.69. The summed E-state index contributed by atoms with van der Waals surface area (Å²) in [5.41, 5.74) is -0.791. The molecule has 2 N–H and O–H groups in total. The number of rotatable bonds is 4. The number of nitrogens with zero attached hydrogens (tertiary/aromatic N) is 2. The summed E-state index contributed by atoms with van der Waals surface area (Å²) >= 11 is 5.68. The van der Waals surface area contributed by atoms with Crippen molar-refractivity contribution in [2.45, 2.75) is 4.90 Å². The van der Waals surface area contributed by atoms with Gasteiger partial charge in [-0.25, -0.2) is 17.6 Å². The molecule has 1 aromatic heterocycles. The average Bonchev–Trinajstić information content (AvgIpc) is 2.72. The molecular formula is C11H9ClFN3O4S. The maximum atomic E-state index is 13.4. The summed E-state index contributed by atoms with van der Waals surface area (Å²) in [5, 5.41) is 12.2. The summed E-state index contributed by atoms with van der Waals surface area (Å²) in [6.45, 7) is 0. The summed E-state index contributed by atoms with van der Waals surface area (Å²) in [5.74, 6) is -2.70. The number of aromatic nitrogens is 2. The van der Waals surface area contributed by atoms with E-state index in [0.29, 0.717) is 12.1 Å². The highest BCUT2D eigenvalue weighted by molar-refractivity contribution is 7.92. The van der Waals surface area contributed by atoms with Gasteiger partial charge in [-0.1, -0.05) is 11.6 Å². The minimum atomic E-state index is -4.19. The lowest BCUT2D eigenvalue weighted by Crippen LogP contribution is -2.15. The molecule has 1 aromatic carbocycles. The molecule has 10 heteroatoms. The van der Waals surface area contributed by atoms with Gasteiger partial charge in [-0.15, -0.1) is 0 Å². The number of halogens is 2. The highest BCUT2D eigenvalue weighted by Gasteiger charge is 2.23. The van der Waals surface area contributed by atoms with E-state index in [-0.39, 0.29) is 5.82 Å². The lowest BCUT2D eigenvalue weighted by molar-refractivity contribution is 0.0691. The maximum Gasteiger partial charge on any atom is 0.338 e. The number of hydrogen-bond acceptors (Lipinski definition) is 4. The standard InChI is InChI=1S/C11H9ClFN3O4S/c1-16-3-2-10(14-16)15-21(19,20)9-4-6(11(17)18)8(13)5-7(9)12/h2-5H,1H3,(H,14,15)(H,17,18). The Bertz CT molecular complexity index is 819. The summed E-state index contributed by atoms with van der Waals surface area (Å²) < 4.78 is 41.2. The second kappa shape index (κ2) is 5.34. The van der Waals surface area contributed by atoms with Crippen molar-refractivity contribution in [3.8, 4) is 0 Å². The zero-order chi connectivity index (χ0) is 15.8. The van der Waals surface area contributed by atoms with Crippen LogP contribution in [-0.2, 0) is 17.1 Å². The van der Waals surface area contributed by atoms with E-state index in [1.807, 2.05) is 0 Å². The van der Waals surface area contributed by atoms with E-state index >= 15 is 0 Å². The molecule has 0 fully saturated rings. The first kappa shape index (κ1) is 15.3. The minimum absolute atomic E-state index is 0.0229. The van der Waals surface area contributed by atoms with Crippen molar-refractivity contribution < 1.29 is 22.7 Å². The van der Waals surface area contributed by atoms with Crippen molar-refractivity contribution >= 4 is 33.4 Å². The fourth-order valence-electron chi connectivity index (χ4n) is 1.56. The number of sulfonamides is 1. The van der Waals surface area contributed by atoms with Crippen molar-refractivity contribution in [2.75, 3.05) is 4.72 Å². The van der Waals surface area contributed by atoms with Gasteiger partial charge < -0.3 is 5.11 Å². The first-order valence-electron chi connectivity index (χ1n) is 5.45. The fraction of sp³-hybridized carbons (Fsp3) is 0.0909. The van der Waals surface area contributed by atoms with E-state index in [1.165, 1.54) is 16.9 Å². The number of carboxylic acids is 1. The Morgan fingerprint density at radius 2 is 2.14 bits per heavy atom. The van der Waals surface area contributed by atoms with Gasteiger partial charge >= 0.3 is 5.97 Å². The van der Waals surface area contributed by atoms with Gasteiger partial charge in [0.2, 0.25) is 0 Å². The van der Waals surface area contributed by atoms with Crippen molar-refractivity contribution in [3.63, 3.8) is 0 Å². The summed E-state index contributed by atoms with van der Waals surface area (Å²) in [6.07, 6.45) is 1.51. The lowest BCUT2D eigenvalue weighted by Gasteiger charge is -2.09. The Kier molecular flexibility index (Phi) is 3.88. The molecule has 112 valence electrons. The molecule has 0 saturated heterocycles. The van der Waals surface area contributed by atoms with Gasteiger partial charge in [0.25, 0.3) is 10.0 Å². The summed E-state index contributed by atoms with van der Waals surface area (Å²) in [7, 11) is -2.60. The number of aromatic carboxylic acids is 1. The monoisotopic (exact) mass is 333 g/mol. The SMILES string of the molecule is Cn1ccc(NS(=O)(=O)c2cc(C(=O)O)c(F)cc2Cl)n1. The molecule has 0 bridgehead atoms. The molecule has 21 heavy (non-hydrogen) atoms. The predicted octanol–water partition coefficient (Wildman–Crippen LogP) is 1.71. The van der Waals surface area contributed by atoms with E-state index in [2.05, 4.69) is 9.82 Å². The molecular weight excluding hydrogens is 325 g/mol. The Morgan fingerprint density at radius 3 is 2.67 bits per heavy atom. The van der Waals surface area contributed by atoms with Crippen LogP contribution >= 0.6 is 11.6 Å². The van der Waals surface area contributed by atoms with E-state index < -0.39 is 37.3 Å². The van der Waals surface area contributed by atoms with Crippen molar-refractivity contribution in [1.82, 2.24) is 9.78 Å². The highest BCUT2D eigenvalue weighted by atomic mass is 35.5. The lowest BCUT2D eigenvalue weighted by atomic mass is 10.2. The third-order valence-corrected chi connectivity index (χ3v) is 4.31. The van der Waals surface area contributed by atoms with E-state index in [1.54, 1.807) is 7.05 Å². The molecule has 2 aromatic rings. The van der Waals surface area contributed by atoms with Crippen LogP contribution in [0.1, 0.15) is 10.4 Å². The van der Waals surface area contributed by atoms with Crippen molar-refractivity contribution in [2.24, 2.45) is 7.05 Å². The Balaban J connectivity index is 2.49. The van der Waals surface area contributed by atoms with Crippen LogP contribution in [0.25, 0.3) is 0 Å². The molecule has 0 unspecified atom stereocenters. The van der Waals surface area contributed by atoms with Gasteiger partial charge in [0, 0.05) is 19.3 Å². The van der Waals surface area contributed by atoms with Crippen LogP contribution in [0.3, 0.4) is 0 Å². The smallest absolute Gasteiger partial charge is 0.338 e. The molecule has 0 spiro atoms. The largest absolute Gasteiger partial charge is 0.478 e. The number of carbonyl (C=O) groups is 1. The van der Waals surface area contributed by atoms with Crippen LogP contribution in [0.5, 0.6) is 0 Å². The van der Waals surface area contributed by atoms with Crippen molar-refractivity contribution in [1.29, 1.82) is 0 Å². The topological polar surface area (TPSA) is 101 Å². The second-order valence-corrected chi connectivity index (χ2v) is 6.11. The molecule has 0 aliphatic heterocycles. The minimum Gasteiger partial charge on any atom is -0.478 e. The van der Waals surface area contributed by atoms with Crippen LogP contribution in [0.2, 0.25) is 5.02 Å². The fourth-order valence-corrected chi connectivity index (χ4v) is 3.10. The van der Waals surface area contributed by atoms with Crippen LogP contribution < -0.4 is 4.72 Å². The average molecular weight is 334 g/mol.